The van der Waals surface area contributed by atoms with E-state index in [0.29, 0.717) is 29.6 Å². The zero-order valence-electron chi connectivity index (χ0n) is 11.4. The van der Waals surface area contributed by atoms with Crippen molar-refractivity contribution in [3.8, 4) is 17.5 Å². The van der Waals surface area contributed by atoms with Crippen molar-refractivity contribution in [3.05, 3.63) is 34.1 Å². The van der Waals surface area contributed by atoms with Crippen LogP contribution in [0.4, 0.5) is 5.69 Å². The lowest BCUT2D eigenvalue weighted by Crippen LogP contribution is -2.06. The van der Waals surface area contributed by atoms with Crippen LogP contribution in [0.5, 0.6) is 17.5 Å². The van der Waals surface area contributed by atoms with Gasteiger partial charge in [0.15, 0.2) is 5.75 Å². The lowest BCUT2D eigenvalue weighted by Gasteiger charge is -2.13. The Labute approximate surface area is 131 Å². The minimum Gasteiger partial charge on any atom is -0.505 e. The number of ether oxygens (including phenoxy) is 2. The highest BCUT2D eigenvalue weighted by molar-refractivity contribution is 6.37. The summed E-state index contributed by atoms with van der Waals surface area (Å²) in [7, 11) is 3.03. The van der Waals surface area contributed by atoms with Gasteiger partial charge in [0.05, 0.1) is 36.4 Å². The minimum absolute atomic E-state index is 0.151. The fraction of sp³-hybridized carbons (Fsp3) is 0.231. The number of nitrogens with one attached hydrogen (secondary N) is 1. The first-order chi connectivity index (χ1) is 10.1. The van der Waals surface area contributed by atoms with Crippen molar-refractivity contribution in [1.29, 1.82) is 0 Å². The molecule has 1 aromatic carbocycles. The van der Waals surface area contributed by atoms with E-state index >= 15 is 0 Å². The number of phenols is 1. The largest absolute Gasteiger partial charge is 0.505 e. The average Bonchev–Trinajstić information content (AvgIpc) is 2.49. The van der Waals surface area contributed by atoms with E-state index in [2.05, 4.69) is 15.3 Å². The van der Waals surface area contributed by atoms with Crippen LogP contribution in [0.2, 0.25) is 10.0 Å². The lowest BCUT2D eigenvalue weighted by molar-refractivity contribution is 0.363. The molecule has 0 amide bonds. The highest BCUT2D eigenvalue weighted by atomic mass is 35.5. The second kappa shape index (κ2) is 6.69. The second-order valence-electron chi connectivity index (χ2n) is 4.01. The molecule has 0 fully saturated rings. The molecule has 2 rings (SSSR count). The van der Waals surface area contributed by atoms with E-state index in [1.807, 2.05) is 0 Å². The quantitative estimate of drug-likeness (QED) is 0.821. The molecule has 0 bridgehead atoms. The van der Waals surface area contributed by atoms with E-state index < -0.39 is 0 Å². The molecule has 0 atom stereocenters. The van der Waals surface area contributed by atoms with Gasteiger partial charge in [-0.2, -0.15) is 0 Å². The van der Waals surface area contributed by atoms with E-state index in [-0.39, 0.29) is 15.8 Å². The summed E-state index contributed by atoms with van der Waals surface area (Å²) in [6.07, 6.45) is 1.36. The minimum atomic E-state index is -0.151. The third kappa shape index (κ3) is 3.40. The molecule has 1 heterocycles. The molecule has 0 saturated carbocycles. The topological polar surface area (TPSA) is 76.5 Å². The number of aromatic nitrogens is 2. The molecule has 21 heavy (non-hydrogen) atoms. The summed E-state index contributed by atoms with van der Waals surface area (Å²) in [5.74, 6) is 0.665. The van der Waals surface area contributed by atoms with Gasteiger partial charge >= 0.3 is 0 Å². The van der Waals surface area contributed by atoms with Crippen molar-refractivity contribution < 1.29 is 14.6 Å². The number of hydrogen-bond donors (Lipinski definition) is 2. The van der Waals surface area contributed by atoms with E-state index in [0.717, 1.165) is 0 Å². The summed E-state index contributed by atoms with van der Waals surface area (Å²) in [6.45, 7) is 0.338. The Balaban J connectivity index is 2.24. The first kappa shape index (κ1) is 15.5. The van der Waals surface area contributed by atoms with E-state index in [9.17, 15) is 5.11 Å². The van der Waals surface area contributed by atoms with Crippen LogP contribution in [0.1, 0.15) is 5.56 Å². The number of benzene rings is 1. The number of halogens is 2. The Morgan fingerprint density at radius 1 is 1.10 bits per heavy atom. The Bertz CT molecular complexity index is 607. The summed E-state index contributed by atoms with van der Waals surface area (Å²) in [5.41, 5.74) is 1.29. The summed E-state index contributed by atoms with van der Waals surface area (Å²) in [4.78, 5) is 8.04. The number of methoxy groups -OCH3 is 2. The molecular formula is C13H13Cl2N3O3. The first-order valence-corrected chi connectivity index (χ1v) is 6.66. The summed E-state index contributed by atoms with van der Waals surface area (Å²) >= 11 is 11.7. The number of aromatic hydroxyl groups is 1. The van der Waals surface area contributed by atoms with Crippen molar-refractivity contribution in [2.75, 3.05) is 19.5 Å². The molecule has 0 unspecified atom stereocenters. The zero-order valence-corrected chi connectivity index (χ0v) is 12.9. The summed E-state index contributed by atoms with van der Waals surface area (Å²) in [5, 5.41) is 12.9. The highest BCUT2D eigenvalue weighted by Crippen LogP contribution is 2.35. The Hall–Kier alpha value is -1.92. The molecule has 112 valence electrons. The number of rotatable bonds is 5. The second-order valence-corrected chi connectivity index (χ2v) is 4.83. The van der Waals surface area contributed by atoms with Crippen molar-refractivity contribution in [3.63, 3.8) is 0 Å². The van der Waals surface area contributed by atoms with Crippen molar-refractivity contribution in [2.45, 2.75) is 6.54 Å². The van der Waals surface area contributed by atoms with Gasteiger partial charge in [-0.25, -0.2) is 9.97 Å². The van der Waals surface area contributed by atoms with Gasteiger partial charge in [0.25, 0.3) is 0 Å². The molecule has 2 aromatic rings. The fourth-order valence-electron chi connectivity index (χ4n) is 1.74. The van der Waals surface area contributed by atoms with Gasteiger partial charge < -0.3 is 19.9 Å². The van der Waals surface area contributed by atoms with Crippen LogP contribution in [0.3, 0.4) is 0 Å². The van der Waals surface area contributed by atoms with Gasteiger partial charge in [0.2, 0.25) is 11.8 Å². The van der Waals surface area contributed by atoms with Crippen LogP contribution in [-0.4, -0.2) is 29.3 Å². The summed E-state index contributed by atoms with van der Waals surface area (Å²) in [6, 6.07) is 3.12. The predicted molar refractivity (Wildman–Crippen MR) is 80.6 cm³/mol. The molecular weight excluding hydrogens is 317 g/mol. The van der Waals surface area contributed by atoms with Gasteiger partial charge in [0, 0.05) is 5.69 Å². The molecule has 1 aromatic heterocycles. The fourth-order valence-corrected chi connectivity index (χ4v) is 2.23. The number of nitrogens with zero attached hydrogens (tertiary/aromatic N) is 2. The van der Waals surface area contributed by atoms with Crippen LogP contribution in [-0.2, 0) is 6.54 Å². The third-order valence-electron chi connectivity index (χ3n) is 2.74. The Kier molecular flexibility index (Phi) is 4.93. The maximum Gasteiger partial charge on any atom is 0.225 e. The zero-order chi connectivity index (χ0) is 15.4. The highest BCUT2D eigenvalue weighted by Gasteiger charge is 2.13. The SMILES string of the molecule is COc1ncnc(OC)c1CNc1cc(Cl)c(O)c(Cl)c1. The van der Waals surface area contributed by atoms with Crippen molar-refractivity contribution in [1.82, 2.24) is 9.97 Å². The molecule has 0 aliphatic carbocycles. The molecule has 0 aliphatic heterocycles. The number of phenolic OH excluding ortho intramolecular Hbond substituents is 1. The van der Waals surface area contributed by atoms with E-state index in [1.165, 1.54) is 20.5 Å². The van der Waals surface area contributed by atoms with Crippen molar-refractivity contribution >= 4 is 28.9 Å². The Morgan fingerprint density at radius 2 is 1.62 bits per heavy atom. The van der Waals surface area contributed by atoms with E-state index in [1.54, 1.807) is 12.1 Å². The molecule has 0 radical (unpaired) electrons. The smallest absolute Gasteiger partial charge is 0.225 e. The van der Waals surface area contributed by atoms with Gasteiger partial charge in [-0.3, -0.25) is 0 Å². The normalized spacial score (nSPS) is 10.3. The molecule has 6 nitrogen and oxygen atoms in total. The molecule has 0 spiro atoms. The monoisotopic (exact) mass is 329 g/mol. The van der Waals surface area contributed by atoms with Crippen LogP contribution in [0.25, 0.3) is 0 Å². The summed E-state index contributed by atoms with van der Waals surface area (Å²) < 4.78 is 10.4. The maximum atomic E-state index is 9.53. The van der Waals surface area contributed by atoms with Gasteiger partial charge in [-0.1, -0.05) is 23.2 Å². The third-order valence-corrected chi connectivity index (χ3v) is 3.32. The van der Waals surface area contributed by atoms with Crippen molar-refractivity contribution in [2.24, 2.45) is 0 Å². The molecule has 8 heteroatoms. The standard InChI is InChI=1S/C13H13Cl2N3O3/c1-20-12-8(13(21-2)18-6-17-12)5-16-7-3-9(14)11(19)10(15)4-7/h3-4,6,16,19H,5H2,1-2H3. The van der Waals surface area contributed by atoms with Crippen LogP contribution in [0.15, 0.2) is 18.5 Å². The maximum absolute atomic E-state index is 9.53. The molecule has 0 saturated heterocycles. The van der Waals surface area contributed by atoms with Crippen LogP contribution >= 0.6 is 23.2 Å². The van der Waals surface area contributed by atoms with Crippen LogP contribution in [0, 0.1) is 0 Å². The molecule has 2 N–H and O–H groups in total. The average molecular weight is 330 g/mol. The molecule has 0 aliphatic rings. The van der Waals surface area contributed by atoms with Gasteiger partial charge in [-0.15, -0.1) is 0 Å². The predicted octanol–water partition coefficient (Wildman–Crippen LogP) is 3.12. The lowest BCUT2D eigenvalue weighted by atomic mass is 10.2. The number of anilines is 1. The van der Waals surface area contributed by atoms with Crippen LogP contribution < -0.4 is 14.8 Å². The number of hydrogen-bond acceptors (Lipinski definition) is 6. The van der Waals surface area contributed by atoms with Gasteiger partial charge in [-0.05, 0) is 12.1 Å². The van der Waals surface area contributed by atoms with E-state index in [4.69, 9.17) is 32.7 Å². The Morgan fingerprint density at radius 3 is 2.10 bits per heavy atom. The first-order valence-electron chi connectivity index (χ1n) is 5.90. The van der Waals surface area contributed by atoms with Gasteiger partial charge in [0.1, 0.15) is 6.33 Å².